The highest BCUT2D eigenvalue weighted by atomic mass is 32.1. The van der Waals surface area contributed by atoms with Gasteiger partial charge in [0, 0.05) is 13.5 Å². The number of nitrogens with one attached hydrogen (secondary N) is 1. The Hall–Kier alpha value is -1.09. The van der Waals surface area contributed by atoms with Crippen LogP contribution >= 0.6 is 11.3 Å². The third kappa shape index (κ3) is 4.54. The minimum atomic E-state index is -0.282. The molecule has 3 N–H and O–H groups in total. The summed E-state index contributed by atoms with van der Waals surface area (Å²) < 4.78 is 5.08. The zero-order valence-corrected chi connectivity index (χ0v) is 23.2. The van der Waals surface area contributed by atoms with Crippen LogP contribution in [0, 0.1) is 46.3 Å². The number of amides is 1. The summed E-state index contributed by atoms with van der Waals surface area (Å²) in [4.78, 5) is 12.6. The fourth-order valence-corrected chi connectivity index (χ4v) is 10.1. The second kappa shape index (κ2) is 10.2. The number of hydrogen-bond acceptors (Lipinski definition) is 7. The first-order valence-electron chi connectivity index (χ1n) is 14.1. The van der Waals surface area contributed by atoms with E-state index >= 15 is 0 Å². The summed E-state index contributed by atoms with van der Waals surface area (Å²) in [7, 11) is 1.62. The number of anilines is 1. The lowest BCUT2D eigenvalue weighted by Crippen LogP contribution is -2.58. The number of aromatic nitrogens is 2. The number of hydrogen-bond donors (Lipinski definition) is 3. The highest BCUT2D eigenvalue weighted by molar-refractivity contribution is 7.15. The molecule has 0 saturated heterocycles. The van der Waals surface area contributed by atoms with Gasteiger partial charge >= 0.3 is 0 Å². The van der Waals surface area contributed by atoms with Gasteiger partial charge in [0.25, 0.3) is 0 Å². The molecule has 1 amide bonds. The van der Waals surface area contributed by atoms with Crippen LogP contribution in [0.5, 0.6) is 0 Å². The molecule has 10 atom stereocenters. The highest BCUT2D eigenvalue weighted by Crippen LogP contribution is 2.68. The number of ether oxygens (including phenoxy) is 1. The molecule has 4 aliphatic carbocycles. The Labute approximate surface area is 219 Å². The molecule has 1 heterocycles. The van der Waals surface area contributed by atoms with E-state index in [0.717, 1.165) is 43.5 Å². The third-order valence-corrected chi connectivity index (χ3v) is 12.1. The lowest BCUT2D eigenvalue weighted by molar-refractivity contribution is -0.174. The molecule has 4 aliphatic rings. The SMILES string of the molecule is COCc1nnc(NC(=O)CC[C@@H](C)[C@H]2CC[C@H]3[C@@H]4CC[C@@H]5C[C@H](O)CC[C@]5(C)[C@H]4C[C@H](O)[C@]23C)s1. The smallest absolute Gasteiger partial charge is 0.226 e. The lowest BCUT2D eigenvalue weighted by atomic mass is 9.43. The summed E-state index contributed by atoms with van der Waals surface area (Å²) in [5.41, 5.74) is 0.197. The average molecular weight is 520 g/mol. The van der Waals surface area contributed by atoms with Gasteiger partial charge in [0.05, 0.1) is 12.2 Å². The van der Waals surface area contributed by atoms with Gasteiger partial charge in [-0.15, -0.1) is 10.2 Å². The standard InChI is InChI=1S/C28H45N3O4S/c1-16(5-10-24(34)29-26-31-30-25(36-26)15-35-4)20-8-9-21-19-7-6-17-13-18(32)11-12-27(17,2)22(19)14-23(33)28(20,21)3/h16-23,32-33H,5-15H2,1-4H3,(H,29,31,34)/t16-,17-,18-,19+,20-,21+,22+,23+,27+,28-/m1/s1. The molecular weight excluding hydrogens is 474 g/mol. The lowest BCUT2D eigenvalue weighted by Gasteiger charge is -2.62. The summed E-state index contributed by atoms with van der Waals surface area (Å²) in [6.07, 6.45) is 9.58. The Bertz CT molecular complexity index is 942. The second-order valence-electron chi connectivity index (χ2n) is 12.9. The monoisotopic (exact) mass is 519 g/mol. The summed E-state index contributed by atoms with van der Waals surface area (Å²) in [5, 5.41) is 34.3. The molecule has 5 rings (SSSR count). The molecule has 0 aromatic carbocycles. The van der Waals surface area contributed by atoms with E-state index in [0.29, 0.717) is 53.7 Å². The summed E-state index contributed by atoms with van der Waals surface area (Å²) in [5.74, 6) is 3.24. The fraction of sp³-hybridized carbons (Fsp3) is 0.893. The maximum atomic E-state index is 12.6. The van der Waals surface area contributed by atoms with E-state index in [2.05, 4.69) is 36.3 Å². The predicted molar refractivity (Wildman–Crippen MR) is 140 cm³/mol. The van der Waals surface area contributed by atoms with Crippen molar-refractivity contribution in [2.45, 2.75) is 104 Å². The van der Waals surface area contributed by atoms with Gasteiger partial charge in [0.1, 0.15) is 11.6 Å². The van der Waals surface area contributed by atoms with Crippen LogP contribution in [-0.2, 0) is 16.1 Å². The number of aliphatic hydroxyl groups is 2. The Morgan fingerprint density at radius 2 is 1.94 bits per heavy atom. The molecule has 1 aromatic rings. The van der Waals surface area contributed by atoms with Gasteiger partial charge in [-0.3, -0.25) is 4.79 Å². The Kier molecular flexibility index (Phi) is 7.54. The predicted octanol–water partition coefficient (Wildman–Crippen LogP) is 5.03. The number of nitrogens with zero attached hydrogens (tertiary/aromatic N) is 2. The van der Waals surface area contributed by atoms with Crippen molar-refractivity contribution in [1.82, 2.24) is 10.2 Å². The van der Waals surface area contributed by atoms with Gasteiger partial charge < -0.3 is 20.3 Å². The van der Waals surface area contributed by atoms with E-state index < -0.39 is 0 Å². The van der Waals surface area contributed by atoms with Gasteiger partial charge in [-0.25, -0.2) is 0 Å². The molecule has 7 nitrogen and oxygen atoms in total. The van der Waals surface area contributed by atoms with E-state index in [1.54, 1.807) is 7.11 Å². The first kappa shape index (κ1) is 26.5. The van der Waals surface area contributed by atoms with Crippen LogP contribution in [0.15, 0.2) is 0 Å². The van der Waals surface area contributed by atoms with Crippen molar-refractivity contribution in [3.63, 3.8) is 0 Å². The van der Waals surface area contributed by atoms with Crippen molar-refractivity contribution in [3.8, 4) is 0 Å². The second-order valence-corrected chi connectivity index (χ2v) is 13.9. The molecule has 0 spiro atoms. The van der Waals surface area contributed by atoms with Gasteiger partial charge in [-0.05, 0) is 104 Å². The van der Waals surface area contributed by atoms with Crippen molar-refractivity contribution >= 4 is 22.4 Å². The molecule has 0 aliphatic heterocycles. The van der Waals surface area contributed by atoms with Gasteiger partial charge in [-0.1, -0.05) is 32.1 Å². The number of methoxy groups -OCH3 is 1. The summed E-state index contributed by atoms with van der Waals surface area (Å²) >= 11 is 1.35. The van der Waals surface area contributed by atoms with Gasteiger partial charge in [-0.2, -0.15) is 0 Å². The molecule has 1 aromatic heterocycles. The molecule has 4 saturated carbocycles. The topological polar surface area (TPSA) is 105 Å². The maximum absolute atomic E-state index is 12.6. The summed E-state index contributed by atoms with van der Waals surface area (Å²) in [6.45, 7) is 7.52. The Morgan fingerprint density at radius 3 is 2.72 bits per heavy atom. The molecule has 0 unspecified atom stereocenters. The maximum Gasteiger partial charge on any atom is 0.226 e. The van der Waals surface area contributed by atoms with Crippen LogP contribution in [0.3, 0.4) is 0 Å². The van der Waals surface area contributed by atoms with Gasteiger partial charge in [0.2, 0.25) is 11.0 Å². The van der Waals surface area contributed by atoms with E-state index in [1.165, 1.54) is 30.6 Å². The minimum Gasteiger partial charge on any atom is -0.393 e. The normalized spacial score (nSPS) is 42.8. The molecule has 202 valence electrons. The molecule has 0 radical (unpaired) electrons. The Morgan fingerprint density at radius 1 is 1.14 bits per heavy atom. The first-order chi connectivity index (χ1) is 17.2. The van der Waals surface area contributed by atoms with Crippen molar-refractivity contribution < 1.29 is 19.7 Å². The van der Waals surface area contributed by atoms with Crippen LogP contribution in [0.2, 0.25) is 0 Å². The number of aliphatic hydroxyl groups excluding tert-OH is 2. The first-order valence-corrected chi connectivity index (χ1v) is 15.0. The molecule has 0 bridgehead atoms. The van der Waals surface area contributed by atoms with Gasteiger partial charge in [0.15, 0.2) is 0 Å². The molecular formula is C28H45N3O4S. The largest absolute Gasteiger partial charge is 0.393 e. The highest BCUT2D eigenvalue weighted by Gasteiger charge is 2.63. The van der Waals surface area contributed by atoms with Crippen molar-refractivity contribution in [1.29, 1.82) is 0 Å². The van der Waals surface area contributed by atoms with Crippen molar-refractivity contribution in [2.24, 2.45) is 46.3 Å². The van der Waals surface area contributed by atoms with Crippen LogP contribution in [-0.4, -0.2) is 45.6 Å². The number of fused-ring (bicyclic) bond motifs is 5. The average Bonchev–Trinajstić information content (AvgIpc) is 3.43. The quantitative estimate of drug-likeness (QED) is 0.467. The van der Waals surface area contributed by atoms with Crippen molar-refractivity contribution in [3.05, 3.63) is 5.01 Å². The number of carbonyl (C=O) groups excluding carboxylic acids is 1. The number of carbonyl (C=O) groups is 1. The van der Waals surface area contributed by atoms with Crippen LogP contribution < -0.4 is 5.32 Å². The fourth-order valence-electron chi connectivity index (χ4n) is 9.39. The van der Waals surface area contributed by atoms with Crippen LogP contribution in [0.4, 0.5) is 5.13 Å². The minimum absolute atomic E-state index is 0.0170. The Balaban J connectivity index is 1.22. The zero-order valence-electron chi connectivity index (χ0n) is 22.4. The van der Waals surface area contributed by atoms with E-state index in [4.69, 9.17) is 4.74 Å². The number of rotatable bonds is 7. The molecule has 36 heavy (non-hydrogen) atoms. The zero-order chi connectivity index (χ0) is 25.7. The van der Waals surface area contributed by atoms with Crippen LogP contribution in [0.25, 0.3) is 0 Å². The van der Waals surface area contributed by atoms with E-state index in [9.17, 15) is 15.0 Å². The van der Waals surface area contributed by atoms with E-state index in [1.807, 2.05) is 0 Å². The van der Waals surface area contributed by atoms with E-state index in [-0.39, 0.29) is 28.9 Å². The van der Waals surface area contributed by atoms with Crippen molar-refractivity contribution in [2.75, 3.05) is 12.4 Å². The molecule has 8 heteroatoms. The van der Waals surface area contributed by atoms with Crippen LogP contribution in [0.1, 0.15) is 90.0 Å². The third-order valence-electron chi connectivity index (χ3n) is 11.3. The molecule has 4 fully saturated rings. The summed E-state index contributed by atoms with van der Waals surface area (Å²) in [6, 6.07) is 0.